The summed E-state index contributed by atoms with van der Waals surface area (Å²) >= 11 is 0. The molecule has 0 unspecified atom stereocenters. The van der Waals surface area contributed by atoms with Crippen LogP contribution in [0, 0.1) is 0 Å². The second-order valence-corrected chi connectivity index (χ2v) is 2.12. The molecular weight excluding hydrogens is 142 g/mol. The minimum atomic E-state index is 0.393. The highest BCUT2D eigenvalue weighted by Crippen LogP contribution is 2.07. The van der Waals surface area contributed by atoms with Crippen molar-refractivity contribution < 1.29 is 0 Å². The third-order valence-corrected chi connectivity index (χ3v) is 1.49. The van der Waals surface area contributed by atoms with Gasteiger partial charge >= 0.3 is 0 Å². The molecule has 0 aromatic carbocycles. The van der Waals surface area contributed by atoms with E-state index in [-0.39, 0.29) is 0 Å². The highest BCUT2D eigenvalue weighted by atomic mass is 15.0. The number of nitrogens with one attached hydrogen (secondary N) is 1. The molecule has 0 atom stereocenters. The normalized spacial score (nSPS) is 10.6. The zero-order valence-electron chi connectivity index (χ0n) is 5.78. The van der Waals surface area contributed by atoms with Crippen LogP contribution >= 0.6 is 0 Å². The average Bonchev–Trinajstić information content (AvgIpc) is 2.50. The van der Waals surface area contributed by atoms with Crippen molar-refractivity contribution >= 4 is 11.2 Å². The summed E-state index contributed by atoms with van der Waals surface area (Å²) in [4.78, 5) is 14.8. The van der Waals surface area contributed by atoms with Crippen LogP contribution in [0.3, 0.4) is 0 Å². The van der Waals surface area contributed by atoms with E-state index >= 15 is 0 Å². The number of hydrogen-bond acceptors (Lipinski definition) is 4. The molecule has 0 saturated carbocycles. The van der Waals surface area contributed by atoms with Crippen LogP contribution in [0.2, 0.25) is 0 Å². The molecule has 5 heteroatoms. The van der Waals surface area contributed by atoms with Gasteiger partial charge in [0.2, 0.25) is 0 Å². The van der Waals surface area contributed by atoms with Gasteiger partial charge in [0, 0.05) is 6.54 Å². The second-order valence-electron chi connectivity index (χ2n) is 2.12. The van der Waals surface area contributed by atoms with E-state index in [1.807, 2.05) is 0 Å². The van der Waals surface area contributed by atoms with Crippen LogP contribution in [-0.4, -0.2) is 19.9 Å². The molecule has 0 aliphatic carbocycles. The maximum absolute atomic E-state index is 5.43. The minimum absolute atomic E-state index is 0.393. The zero-order chi connectivity index (χ0) is 7.68. The predicted octanol–water partition coefficient (Wildman–Crippen LogP) is -0.188. The molecular formula is C6H7N5. The Bertz CT molecular complexity index is 366. The summed E-state index contributed by atoms with van der Waals surface area (Å²) in [6.45, 7) is 0.393. The Morgan fingerprint density at radius 2 is 2.27 bits per heavy atom. The van der Waals surface area contributed by atoms with Gasteiger partial charge in [0.15, 0.2) is 5.65 Å². The first kappa shape index (κ1) is 6.23. The van der Waals surface area contributed by atoms with Crippen LogP contribution in [-0.2, 0) is 6.54 Å². The number of nitrogens with two attached hydrogens (primary N) is 1. The molecule has 0 saturated heterocycles. The van der Waals surface area contributed by atoms with Gasteiger partial charge in [-0.05, 0) is 0 Å². The smallest absolute Gasteiger partial charge is 0.160 e. The number of H-pyrrole nitrogens is 1. The number of aromatic nitrogens is 4. The third-order valence-electron chi connectivity index (χ3n) is 1.49. The van der Waals surface area contributed by atoms with E-state index in [0.29, 0.717) is 6.54 Å². The van der Waals surface area contributed by atoms with Gasteiger partial charge in [-0.15, -0.1) is 0 Å². The largest absolute Gasteiger partial charge is 0.329 e. The minimum Gasteiger partial charge on any atom is -0.329 e. The van der Waals surface area contributed by atoms with Gasteiger partial charge in [0.1, 0.15) is 11.8 Å². The molecule has 3 N–H and O–H groups in total. The van der Waals surface area contributed by atoms with Gasteiger partial charge in [-0.2, -0.15) is 0 Å². The van der Waals surface area contributed by atoms with Crippen molar-refractivity contribution in [1.82, 2.24) is 19.9 Å². The van der Waals surface area contributed by atoms with E-state index < -0.39 is 0 Å². The molecule has 0 aliphatic rings. The molecule has 2 aromatic rings. The van der Waals surface area contributed by atoms with E-state index in [9.17, 15) is 0 Å². The Hall–Kier alpha value is -1.49. The fourth-order valence-electron chi connectivity index (χ4n) is 0.964. The van der Waals surface area contributed by atoms with E-state index in [4.69, 9.17) is 5.73 Å². The summed E-state index contributed by atoms with van der Waals surface area (Å²) in [7, 11) is 0. The van der Waals surface area contributed by atoms with E-state index in [2.05, 4.69) is 19.9 Å². The van der Waals surface area contributed by atoms with Crippen molar-refractivity contribution in [1.29, 1.82) is 0 Å². The van der Waals surface area contributed by atoms with Crippen molar-refractivity contribution in [3.8, 4) is 0 Å². The van der Waals surface area contributed by atoms with Crippen molar-refractivity contribution in [2.75, 3.05) is 0 Å². The van der Waals surface area contributed by atoms with Crippen LogP contribution in [0.1, 0.15) is 5.69 Å². The van der Waals surface area contributed by atoms with Crippen LogP contribution in [0.25, 0.3) is 11.2 Å². The van der Waals surface area contributed by atoms with Gasteiger partial charge in [0.25, 0.3) is 0 Å². The Balaban J connectivity index is 2.79. The Kier molecular flexibility index (Phi) is 1.29. The molecule has 0 amide bonds. The lowest BCUT2D eigenvalue weighted by Crippen LogP contribution is -2.00. The molecule has 0 spiro atoms. The first-order valence-corrected chi connectivity index (χ1v) is 3.25. The maximum atomic E-state index is 5.43. The lowest BCUT2D eigenvalue weighted by Gasteiger charge is -1.93. The SMILES string of the molecule is NCc1ncnc2[nH]cnc12. The molecule has 0 fully saturated rings. The fraction of sp³-hybridized carbons (Fsp3) is 0.167. The molecule has 11 heavy (non-hydrogen) atoms. The van der Waals surface area contributed by atoms with Crippen LogP contribution in [0.5, 0.6) is 0 Å². The fourth-order valence-corrected chi connectivity index (χ4v) is 0.964. The Morgan fingerprint density at radius 3 is 3.09 bits per heavy atom. The van der Waals surface area contributed by atoms with E-state index in [1.165, 1.54) is 6.33 Å². The molecule has 2 heterocycles. The molecule has 0 radical (unpaired) electrons. The van der Waals surface area contributed by atoms with E-state index in [1.54, 1.807) is 6.33 Å². The maximum Gasteiger partial charge on any atom is 0.160 e. The number of rotatable bonds is 1. The Labute approximate surface area is 62.7 Å². The van der Waals surface area contributed by atoms with Crippen LogP contribution in [0.4, 0.5) is 0 Å². The average molecular weight is 149 g/mol. The molecule has 0 aliphatic heterocycles. The summed E-state index contributed by atoms with van der Waals surface area (Å²) in [5.41, 5.74) is 7.70. The number of aromatic amines is 1. The number of nitrogens with zero attached hydrogens (tertiary/aromatic N) is 3. The van der Waals surface area contributed by atoms with Crippen LogP contribution in [0.15, 0.2) is 12.7 Å². The highest BCUT2D eigenvalue weighted by Gasteiger charge is 2.02. The summed E-state index contributed by atoms with van der Waals surface area (Å²) in [5, 5.41) is 0. The summed E-state index contributed by atoms with van der Waals surface area (Å²) in [6.07, 6.45) is 3.06. The topological polar surface area (TPSA) is 80.5 Å². The van der Waals surface area contributed by atoms with Crippen molar-refractivity contribution in [3.63, 3.8) is 0 Å². The number of hydrogen-bond donors (Lipinski definition) is 2. The molecule has 5 nitrogen and oxygen atoms in total. The quantitative estimate of drug-likeness (QED) is 0.589. The van der Waals surface area contributed by atoms with Crippen molar-refractivity contribution in [2.24, 2.45) is 5.73 Å². The van der Waals surface area contributed by atoms with Gasteiger partial charge in [-0.3, -0.25) is 0 Å². The predicted molar refractivity (Wildman–Crippen MR) is 39.6 cm³/mol. The summed E-state index contributed by atoms with van der Waals surface area (Å²) in [5.74, 6) is 0. The first-order chi connectivity index (χ1) is 5.42. The lowest BCUT2D eigenvalue weighted by atomic mass is 10.4. The molecule has 2 rings (SSSR count). The van der Waals surface area contributed by atoms with Gasteiger partial charge in [0.05, 0.1) is 12.0 Å². The van der Waals surface area contributed by atoms with Crippen LogP contribution < -0.4 is 5.73 Å². The second kappa shape index (κ2) is 2.28. The van der Waals surface area contributed by atoms with Gasteiger partial charge in [-0.25, -0.2) is 15.0 Å². The van der Waals surface area contributed by atoms with Gasteiger partial charge in [-0.1, -0.05) is 0 Å². The van der Waals surface area contributed by atoms with Crippen molar-refractivity contribution in [2.45, 2.75) is 6.54 Å². The monoisotopic (exact) mass is 149 g/mol. The summed E-state index contributed by atoms with van der Waals surface area (Å²) in [6, 6.07) is 0. The Morgan fingerprint density at radius 1 is 1.36 bits per heavy atom. The standard InChI is InChI=1S/C6H7N5/c7-1-4-5-6(10-2-8-4)11-3-9-5/h2-3H,1,7H2,(H,8,9,10,11). The van der Waals surface area contributed by atoms with Gasteiger partial charge < -0.3 is 10.7 Å². The van der Waals surface area contributed by atoms with E-state index in [0.717, 1.165) is 16.9 Å². The van der Waals surface area contributed by atoms with Crippen molar-refractivity contribution in [3.05, 3.63) is 18.3 Å². The lowest BCUT2D eigenvalue weighted by molar-refractivity contribution is 0.983. The molecule has 56 valence electrons. The third kappa shape index (κ3) is 0.857. The number of imidazole rings is 1. The molecule has 2 aromatic heterocycles. The summed E-state index contributed by atoms with van der Waals surface area (Å²) < 4.78 is 0. The first-order valence-electron chi connectivity index (χ1n) is 3.25. The molecule has 0 bridgehead atoms. The highest BCUT2D eigenvalue weighted by molar-refractivity contribution is 5.71. The number of fused-ring (bicyclic) bond motifs is 1. The zero-order valence-corrected chi connectivity index (χ0v) is 5.78.